The van der Waals surface area contributed by atoms with Crippen LogP contribution in [0.15, 0.2) is 18.2 Å². The molecule has 0 fully saturated rings. The van der Waals surface area contributed by atoms with Crippen molar-refractivity contribution in [3.05, 3.63) is 23.8 Å². The molecule has 106 valence electrons. The summed E-state index contributed by atoms with van der Waals surface area (Å²) in [7, 11) is 0. The van der Waals surface area contributed by atoms with Crippen molar-refractivity contribution in [1.29, 1.82) is 0 Å². The number of nitrogen functional groups attached to an aromatic ring is 1. The smallest absolute Gasteiger partial charge is 0.269 e. The molecule has 8 heteroatoms. The first-order valence-electron chi connectivity index (χ1n) is 6.23. The molecule has 1 aromatic heterocycles. The number of ether oxygens (including phenoxy) is 1. The maximum absolute atomic E-state index is 11.6. The van der Waals surface area contributed by atoms with Gasteiger partial charge in [0, 0.05) is 6.42 Å². The Balaban J connectivity index is 1.87. The predicted molar refractivity (Wildman–Crippen MR) is 73.2 cm³/mol. The molecule has 1 heterocycles. The van der Waals surface area contributed by atoms with Gasteiger partial charge in [0.15, 0.2) is 0 Å². The number of nitrogens with two attached hydrogens (primary N) is 1. The minimum atomic E-state index is -0.182. The molecule has 2 aromatic rings. The van der Waals surface area contributed by atoms with Gasteiger partial charge in [0.2, 0.25) is 5.91 Å². The Hall–Kier alpha value is -2.64. The summed E-state index contributed by atoms with van der Waals surface area (Å²) < 4.78 is 5.36. The standard InChI is InChI=1S/C12H16N6O2/c1-2-20-10-5-3-8(7-9(10)13)4-6-11(19)14-12-15-17-18-16-12/h3,5,7H,2,4,6,13H2,1H3,(H2,14,15,16,17,18,19). The fourth-order valence-corrected chi connectivity index (χ4v) is 1.70. The number of amides is 1. The van der Waals surface area contributed by atoms with Crippen LogP contribution in [0.3, 0.4) is 0 Å². The van der Waals surface area contributed by atoms with Crippen molar-refractivity contribution < 1.29 is 9.53 Å². The first-order valence-corrected chi connectivity index (χ1v) is 6.23. The number of hydrogen-bond acceptors (Lipinski definition) is 6. The van der Waals surface area contributed by atoms with Gasteiger partial charge in [-0.2, -0.15) is 5.21 Å². The molecule has 0 bridgehead atoms. The SMILES string of the molecule is CCOc1ccc(CCC(=O)Nc2nn[nH]n2)cc1N. The van der Waals surface area contributed by atoms with E-state index >= 15 is 0 Å². The van der Waals surface area contributed by atoms with Crippen molar-refractivity contribution in [2.75, 3.05) is 17.7 Å². The van der Waals surface area contributed by atoms with E-state index in [1.807, 2.05) is 25.1 Å². The maximum Gasteiger partial charge on any atom is 0.269 e. The van der Waals surface area contributed by atoms with Crippen LogP contribution in [0.1, 0.15) is 18.9 Å². The monoisotopic (exact) mass is 276 g/mol. The minimum Gasteiger partial charge on any atom is -0.492 e. The van der Waals surface area contributed by atoms with E-state index in [1.165, 1.54) is 0 Å². The van der Waals surface area contributed by atoms with Crippen molar-refractivity contribution in [1.82, 2.24) is 20.6 Å². The van der Waals surface area contributed by atoms with Crippen LogP contribution in [0.5, 0.6) is 5.75 Å². The van der Waals surface area contributed by atoms with Crippen LogP contribution < -0.4 is 15.8 Å². The van der Waals surface area contributed by atoms with Crippen molar-refractivity contribution in [3.8, 4) is 5.75 Å². The zero-order valence-corrected chi connectivity index (χ0v) is 11.1. The lowest BCUT2D eigenvalue weighted by Crippen LogP contribution is -2.13. The molecule has 0 unspecified atom stereocenters. The second-order valence-corrected chi connectivity index (χ2v) is 4.09. The average molecular weight is 276 g/mol. The highest BCUT2D eigenvalue weighted by atomic mass is 16.5. The number of aryl methyl sites for hydroxylation is 1. The predicted octanol–water partition coefficient (Wildman–Crippen LogP) is 0.752. The van der Waals surface area contributed by atoms with E-state index in [4.69, 9.17) is 10.5 Å². The van der Waals surface area contributed by atoms with E-state index in [9.17, 15) is 4.79 Å². The summed E-state index contributed by atoms with van der Waals surface area (Å²) >= 11 is 0. The highest BCUT2D eigenvalue weighted by Gasteiger charge is 2.07. The normalized spacial score (nSPS) is 10.2. The number of anilines is 2. The molecule has 0 aliphatic heterocycles. The molecule has 0 radical (unpaired) electrons. The van der Waals surface area contributed by atoms with Crippen LogP contribution in [-0.4, -0.2) is 33.1 Å². The molecule has 0 saturated carbocycles. The molecule has 0 atom stereocenters. The summed E-state index contributed by atoms with van der Waals surface area (Å²) in [6.45, 7) is 2.46. The second-order valence-electron chi connectivity index (χ2n) is 4.09. The Bertz CT molecular complexity index is 569. The molecule has 0 aliphatic carbocycles. The number of nitrogens with one attached hydrogen (secondary N) is 2. The van der Waals surface area contributed by atoms with E-state index in [-0.39, 0.29) is 11.9 Å². The first kappa shape index (κ1) is 13.8. The van der Waals surface area contributed by atoms with Gasteiger partial charge < -0.3 is 10.5 Å². The summed E-state index contributed by atoms with van der Waals surface area (Å²) in [6, 6.07) is 5.51. The van der Waals surface area contributed by atoms with Gasteiger partial charge in [-0.1, -0.05) is 11.2 Å². The number of hydrogen-bond donors (Lipinski definition) is 3. The highest BCUT2D eigenvalue weighted by molar-refractivity contribution is 5.88. The van der Waals surface area contributed by atoms with Crippen molar-refractivity contribution in [3.63, 3.8) is 0 Å². The first-order chi connectivity index (χ1) is 9.69. The van der Waals surface area contributed by atoms with E-state index < -0.39 is 0 Å². The number of H-pyrrole nitrogens is 1. The van der Waals surface area contributed by atoms with Crippen LogP contribution in [0.25, 0.3) is 0 Å². The third-order valence-electron chi connectivity index (χ3n) is 2.61. The Labute approximate surface area is 115 Å². The lowest BCUT2D eigenvalue weighted by Gasteiger charge is -2.08. The lowest BCUT2D eigenvalue weighted by molar-refractivity contribution is -0.116. The van der Waals surface area contributed by atoms with Crippen LogP contribution in [0.4, 0.5) is 11.6 Å². The van der Waals surface area contributed by atoms with Crippen molar-refractivity contribution in [2.45, 2.75) is 19.8 Å². The fraction of sp³-hybridized carbons (Fsp3) is 0.333. The number of nitrogens with zero attached hydrogens (tertiary/aromatic N) is 3. The fourth-order valence-electron chi connectivity index (χ4n) is 1.70. The molecule has 1 amide bonds. The summed E-state index contributed by atoms with van der Waals surface area (Å²) in [6.07, 6.45) is 0.877. The molecular weight excluding hydrogens is 260 g/mol. The minimum absolute atomic E-state index is 0.168. The Morgan fingerprint density at radius 1 is 1.50 bits per heavy atom. The van der Waals surface area contributed by atoms with Gasteiger partial charge in [0.05, 0.1) is 12.3 Å². The lowest BCUT2D eigenvalue weighted by atomic mass is 10.1. The topological polar surface area (TPSA) is 119 Å². The summed E-state index contributed by atoms with van der Waals surface area (Å²) in [4.78, 5) is 11.6. The zero-order chi connectivity index (χ0) is 14.4. The molecule has 0 spiro atoms. The van der Waals surface area contributed by atoms with Crippen LogP contribution >= 0.6 is 0 Å². The number of aromatic nitrogens is 4. The van der Waals surface area contributed by atoms with Crippen LogP contribution in [0, 0.1) is 0 Å². The highest BCUT2D eigenvalue weighted by Crippen LogP contribution is 2.23. The number of carbonyl (C=O) groups excluding carboxylic acids is 1. The van der Waals surface area contributed by atoms with Crippen LogP contribution in [0.2, 0.25) is 0 Å². The van der Waals surface area contributed by atoms with Gasteiger partial charge in [-0.25, -0.2) is 0 Å². The zero-order valence-electron chi connectivity index (χ0n) is 11.1. The molecule has 2 rings (SSSR count). The number of carbonyl (C=O) groups is 1. The molecule has 4 N–H and O–H groups in total. The van der Waals surface area contributed by atoms with Gasteiger partial charge in [0.25, 0.3) is 5.95 Å². The molecule has 8 nitrogen and oxygen atoms in total. The van der Waals surface area contributed by atoms with E-state index in [0.717, 1.165) is 5.56 Å². The molecule has 20 heavy (non-hydrogen) atoms. The third-order valence-corrected chi connectivity index (χ3v) is 2.61. The summed E-state index contributed by atoms with van der Waals surface area (Å²) in [5.74, 6) is 0.646. The number of tetrazole rings is 1. The van der Waals surface area contributed by atoms with Gasteiger partial charge >= 0.3 is 0 Å². The Morgan fingerprint density at radius 3 is 3.00 bits per heavy atom. The number of aromatic amines is 1. The van der Waals surface area contributed by atoms with Gasteiger partial charge in [-0.05, 0) is 36.3 Å². The molecular formula is C12H16N6O2. The van der Waals surface area contributed by atoms with Gasteiger partial charge in [0.1, 0.15) is 5.75 Å². The van der Waals surface area contributed by atoms with E-state index in [1.54, 1.807) is 0 Å². The summed E-state index contributed by atoms with van der Waals surface area (Å²) in [5.41, 5.74) is 7.40. The van der Waals surface area contributed by atoms with E-state index in [2.05, 4.69) is 25.9 Å². The van der Waals surface area contributed by atoms with Crippen molar-refractivity contribution >= 4 is 17.5 Å². The third kappa shape index (κ3) is 3.67. The quantitative estimate of drug-likeness (QED) is 0.670. The Kier molecular flexibility index (Phi) is 4.48. The average Bonchev–Trinajstić information content (AvgIpc) is 2.92. The number of benzene rings is 1. The Morgan fingerprint density at radius 2 is 2.35 bits per heavy atom. The van der Waals surface area contributed by atoms with Crippen LogP contribution in [-0.2, 0) is 11.2 Å². The number of rotatable bonds is 6. The molecule has 0 aliphatic rings. The van der Waals surface area contributed by atoms with Gasteiger partial charge in [-0.15, -0.1) is 5.10 Å². The van der Waals surface area contributed by atoms with Crippen molar-refractivity contribution in [2.24, 2.45) is 0 Å². The largest absolute Gasteiger partial charge is 0.492 e. The molecule has 0 saturated heterocycles. The summed E-state index contributed by atoms with van der Waals surface area (Å²) in [5, 5.41) is 15.4. The molecule has 1 aromatic carbocycles. The second kappa shape index (κ2) is 6.50. The van der Waals surface area contributed by atoms with Gasteiger partial charge in [-0.3, -0.25) is 10.1 Å². The van der Waals surface area contributed by atoms with E-state index in [0.29, 0.717) is 30.9 Å². The maximum atomic E-state index is 11.6.